The first-order chi connectivity index (χ1) is 14.1. The third-order valence-electron chi connectivity index (χ3n) is 3.97. The quantitative estimate of drug-likeness (QED) is 0.480. The van der Waals surface area contributed by atoms with E-state index < -0.39 is 0 Å². The second-order valence-corrected chi connectivity index (χ2v) is 6.16. The van der Waals surface area contributed by atoms with Gasteiger partial charge in [-0.2, -0.15) is 5.10 Å². The van der Waals surface area contributed by atoms with Crippen molar-refractivity contribution < 1.29 is 14.3 Å². The summed E-state index contributed by atoms with van der Waals surface area (Å²) in [6.07, 6.45) is 4.57. The molecule has 0 saturated carbocycles. The van der Waals surface area contributed by atoms with Crippen molar-refractivity contribution in [1.29, 1.82) is 0 Å². The van der Waals surface area contributed by atoms with Gasteiger partial charge >= 0.3 is 0 Å². The maximum absolute atomic E-state index is 12.0. The zero-order valence-corrected chi connectivity index (χ0v) is 15.8. The molecule has 0 bridgehead atoms. The van der Waals surface area contributed by atoms with Gasteiger partial charge in [0, 0.05) is 18.1 Å². The summed E-state index contributed by atoms with van der Waals surface area (Å²) in [6, 6.07) is 17.9. The first-order valence-corrected chi connectivity index (χ1v) is 8.93. The predicted molar refractivity (Wildman–Crippen MR) is 111 cm³/mol. The van der Waals surface area contributed by atoms with Gasteiger partial charge in [-0.3, -0.25) is 14.6 Å². The molecule has 2 N–H and O–H groups in total. The fourth-order valence-electron chi connectivity index (χ4n) is 2.43. The summed E-state index contributed by atoms with van der Waals surface area (Å²) >= 11 is 0. The first kappa shape index (κ1) is 19.8. The Morgan fingerprint density at radius 2 is 1.86 bits per heavy atom. The van der Waals surface area contributed by atoms with Crippen LogP contribution in [0, 0.1) is 6.92 Å². The standard InChI is InChI=1S/C22H20N4O3/c1-16-5-2-3-7-20(16)25-21(27)15-29-19-10-8-17(9-11-19)13-24-26-22(28)18-6-4-12-23-14-18/h2-14H,15H2,1H3,(H,25,27)(H,26,28)/b24-13+. The van der Waals surface area contributed by atoms with E-state index in [9.17, 15) is 9.59 Å². The van der Waals surface area contributed by atoms with Crippen LogP contribution in [0.1, 0.15) is 21.5 Å². The molecule has 0 radical (unpaired) electrons. The molecule has 0 atom stereocenters. The maximum Gasteiger partial charge on any atom is 0.272 e. The van der Waals surface area contributed by atoms with E-state index in [-0.39, 0.29) is 18.4 Å². The summed E-state index contributed by atoms with van der Waals surface area (Å²) in [5.74, 6) is -0.0153. The molecule has 2 amide bonds. The van der Waals surface area contributed by atoms with Crippen LogP contribution in [0.15, 0.2) is 78.2 Å². The van der Waals surface area contributed by atoms with Crippen LogP contribution >= 0.6 is 0 Å². The summed E-state index contributed by atoms with van der Waals surface area (Å²) in [7, 11) is 0. The van der Waals surface area contributed by atoms with E-state index in [1.54, 1.807) is 42.6 Å². The molecule has 0 fully saturated rings. The molecule has 0 saturated heterocycles. The van der Waals surface area contributed by atoms with Gasteiger partial charge in [-0.05, 0) is 60.5 Å². The van der Waals surface area contributed by atoms with Crippen molar-refractivity contribution in [3.05, 3.63) is 89.7 Å². The molecule has 3 aromatic rings. The molecular formula is C22H20N4O3. The van der Waals surface area contributed by atoms with E-state index in [2.05, 4.69) is 20.8 Å². The van der Waals surface area contributed by atoms with E-state index in [1.807, 2.05) is 31.2 Å². The number of para-hydroxylation sites is 1. The molecule has 3 rings (SSSR count). The van der Waals surface area contributed by atoms with Crippen molar-refractivity contribution in [2.24, 2.45) is 5.10 Å². The van der Waals surface area contributed by atoms with Crippen molar-refractivity contribution >= 4 is 23.7 Å². The number of nitrogens with zero attached hydrogens (tertiary/aromatic N) is 2. The minimum Gasteiger partial charge on any atom is -0.484 e. The van der Waals surface area contributed by atoms with Crippen LogP contribution in [0.3, 0.4) is 0 Å². The predicted octanol–water partition coefficient (Wildman–Crippen LogP) is 3.17. The SMILES string of the molecule is Cc1ccccc1NC(=O)COc1ccc(/C=N/NC(=O)c2cccnc2)cc1. The summed E-state index contributed by atoms with van der Waals surface area (Å²) in [5.41, 5.74) is 5.39. The topological polar surface area (TPSA) is 92.7 Å². The third kappa shape index (κ3) is 6.00. The molecule has 29 heavy (non-hydrogen) atoms. The van der Waals surface area contributed by atoms with Gasteiger partial charge in [-0.25, -0.2) is 5.43 Å². The lowest BCUT2D eigenvalue weighted by molar-refractivity contribution is -0.118. The van der Waals surface area contributed by atoms with E-state index >= 15 is 0 Å². The Bertz CT molecular complexity index is 1000. The van der Waals surface area contributed by atoms with Gasteiger partial charge < -0.3 is 10.1 Å². The molecule has 7 nitrogen and oxygen atoms in total. The number of aryl methyl sites for hydroxylation is 1. The van der Waals surface area contributed by atoms with Gasteiger partial charge in [0.1, 0.15) is 5.75 Å². The zero-order valence-electron chi connectivity index (χ0n) is 15.8. The molecule has 2 aromatic carbocycles. The number of hydrogen-bond acceptors (Lipinski definition) is 5. The van der Waals surface area contributed by atoms with E-state index in [0.29, 0.717) is 11.3 Å². The number of amides is 2. The summed E-state index contributed by atoms with van der Waals surface area (Å²) in [5, 5.41) is 6.73. The van der Waals surface area contributed by atoms with Crippen LogP contribution in [0.25, 0.3) is 0 Å². The minimum atomic E-state index is -0.339. The molecule has 1 heterocycles. The lowest BCUT2D eigenvalue weighted by atomic mass is 10.2. The van der Waals surface area contributed by atoms with Gasteiger partial charge in [-0.1, -0.05) is 18.2 Å². The van der Waals surface area contributed by atoms with Crippen molar-refractivity contribution in [2.45, 2.75) is 6.92 Å². The Morgan fingerprint density at radius 3 is 2.59 bits per heavy atom. The highest BCUT2D eigenvalue weighted by atomic mass is 16.5. The molecular weight excluding hydrogens is 368 g/mol. The average molecular weight is 388 g/mol. The number of ether oxygens (including phenoxy) is 1. The molecule has 0 spiro atoms. The monoisotopic (exact) mass is 388 g/mol. The summed E-state index contributed by atoms with van der Waals surface area (Å²) in [6.45, 7) is 1.83. The average Bonchev–Trinajstić information content (AvgIpc) is 2.75. The van der Waals surface area contributed by atoms with E-state index in [0.717, 1.165) is 16.8 Å². The molecule has 0 unspecified atom stereocenters. The largest absolute Gasteiger partial charge is 0.484 e. The Labute approximate surface area is 168 Å². The van der Waals surface area contributed by atoms with Gasteiger partial charge in [0.2, 0.25) is 0 Å². The lowest BCUT2D eigenvalue weighted by Crippen LogP contribution is -2.20. The first-order valence-electron chi connectivity index (χ1n) is 8.93. The second kappa shape index (κ2) is 9.80. The zero-order chi connectivity index (χ0) is 20.5. The number of carbonyl (C=O) groups excluding carboxylic acids is 2. The highest BCUT2D eigenvalue weighted by Crippen LogP contribution is 2.14. The second-order valence-electron chi connectivity index (χ2n) is 6.16. The van der Waals surface area contributed by atoms with Crippen molar-refractivity contribution in [1.82, 2.24) is 10.4 Å². The fraction of sp³-hybridized carbons (Fsp3) is 0.0909. The Balaban J connectivity index is 1.46. The van der Waals surface area contributed by atoms with Crippen LogP contribution < -0.4 is 15.5 Å². The Hall–Kier alpha value is -4.00. The number of carbonyl (C=O) groups is 2. The Kier molecular flexibility index (Phi) is 6.67. The number of nitrogens with one attached hydrogen (secondary N) is 2. The highest BCUT2D eigenvalue weighted by Gasteiger charge is 2.06. The third-order valence-corrected chi connectivity index (χ3v) is 3.97. The van der Waals surface area contributed by atoms with Crippen LogP contribution in [0.2, 0.25) is 0 Å². The number of hydrazone groups is 1. The van der Waals surface area contributed by atoms with Crippen molar-refractivity contribution in [3.63, 3.8) is 0 Å². The Morgan fingerprint density at radius 1 is 1.07 bits per heavy atom. The summed E-state index contributed by atoms with van der Waals surface area (Å²) in [4.78, 5) is 27.8. The van der Waals surface area contributed by atoms with Crippen LogP contribution in [0.5, 0.6) is 5.75 Å². The van der Waals surface area contributed by atoms with Crippen LogP contribution in [-0.4, -0.2) is 29.6 Å². The van der Waals surface area contributed by atoms with Crippen LogP contribution in [0.4, 0.5) is 5.69 Å². The molecule has 7 heteroatoms. The maximum atomic E-state index is 12.0. The van der Waals surface area contributed by atoms with Crippen LogP contribution in [-0.2, 0) is 4.79 Å². The van der Waals surface area contributed by atoms with Gasteiger partial charge in [0.15, 0.2) is 6.61 Å². The number of pyridine rings is 1. The van der Waals surface area contributed by atoms with Gasteiger partial charge in [0.25, 0.3) is 11.8 Å². The molecule has 0 aliphatic heterocycles. The fourth-order valence-corrected chi connectivity index (χ4v) is 2.43. The normalized spacial score (nSPS) is 10.5. The number of rotatable bonds is 7. The molecule has 0 aliphatic carbocycles. The van der Waals surface area contributed by atoms with Crippen molar-refractivity contribution in [2.75, 3.05) is 11.9 Å². The van der Waals surface area contributed by atoms with Crippen molar-refractivity contribution in [3.8, 4) is 5.75 Å². The van der Waals surface area contributed by atoms with E-state index in [4.69, 9.17) is 4.74 Å². The van der Waals surface area contributed by atoms with Gasteiger partial charge in [-0.15, -0.1) is 0 Å². The molecule has 1 aromatic heterocycles. The molecule has 146 valence electrons. The van der Waals surface area contributed by atoms with E-state index in [1.165, 1.54) is 12.4 Å². The number of aromatic nitrogens is 1. The highest BCUT2D eigenvalue weighted by molar-refractivity contribution is 5.94. The smallest absolute Gasteiger partial charge is 0.272 e. The number of benzene rings is 2. The lowest BCUT2D eigenvalue weighted by Gasteiger charge is -2.09. The van der Waals surface area contributed by atoms with Gasteiger partial charge in [0.05, 0.1) is 11.8 Å². The molecule has 0 aliphatic rings. The number of hydrogen-bond donors (Lipinski definition) is 2. The summed E-state index contributed by atoms with van der Waals surface area (Å²) < 4.78 is 5.50. The number of anilines is 1. The minimum absolute atomic E-state index is 0.0943.